The van der Waals surface area contributed by atoms with Gasteiger partial charge in [-0.2, -0.15) is 0 Å². The Morgan fingerprint density at radius 1 is 1.20 bits per heavy atom. The Balaban J connectivity index is 1.81. The number of nitro benzene ring substituents is 1. The molecule has 0 aromatic heterocycles. The minimum atomic E-state index is -0.447. The molecular weight excluding hydrogens is 258 g/mol. The monoisotopic (exact) mass is 273 g/mol. The van der Waals surface area contributed by atoms with Gasteiger partial charge >= 0.3 is 0 Å². The molecule has 0 bridgehead atoms. The highest BCUT2D eigenvalue weighted by molar-refractivity contribution is 5.54. The highest BCUT2D eigenvalue weighted by Gasteiger charge is 2.05. The number of rotatable bonds is 6. The average Bonchev–Trinajstić information content (AvgIpc) is 2.44. The molecule has 6 nitrogen and oxygen atoms in total. The minimum Gasteiger partial charge on any atom is -0.491 e. The lowest BCUT2D eigenvalue weighted by molar-refractivity contribution is -0.384. The molecule has 0 aliphatic heterocycles. The van der Waals surface area contributed by atoms with Gasteiger partial charge in [-0.25, -0.2) is 0 Å². The van der Waals surface area contributed by atoms with Gasteiger partial charge in [-0.1, -0.05) is 12.1 Å². The van der Waals surface area contributed by atoms with Crippen molar-refractivity contribution in [2.45, 2.75) is 0 Å². The number of nitrogens with zero attached hydrogens (tertiary/aromatic N) is 1. The Morgan fingerprint density at radius 2 is 2.00 bits per heavy atom. The largest absolute Gasteiger partial charge is 0.491 e. The molecule has 0 aliphatic rings. The van der Waals surface area contributed by atoms with E-state index in [1.807, 2.05) is 24.3 Å². The maximum absolute atomic E-state index is 10.6. The Morgan fingerprint density at radius 3 is 2.75 bits per heavy atom. The maximum Gasteiger partial charge on any atom is 0.273 e. The van der Waals surface area contributed by atoms with E-state index in [1.165, 1.54) is 12.1 Å². The number of nitrogens with two attached hydrogens (primary N) is 1. The topological polar surface area (TPSA) is 90.4 Å². The molecule has 2 aromatic carbocycles. The lowest BCUT2D eigenvalue weighted by Crippen LogP contribution is -2.11. The summed E-state index contributed by atoms with van der Waals surface area (Å²) in [6, 6.07) is 13.5. The number of hydrogen-bond donors (Lipinski definition) is 2. The van der Waals surface area contributed by atoms with Crippen LogP contribution in [0.1, 0.15) is 0 Å². The summed E-state index contributed by atoms with van der Waals surface area (Å²) in [5.41, 5.74) is 7.28. The van der Waals surface area contributed by atoms with Crippen molar-refractivity contribution in [3.8, 4) is 5.75 Å². The minimum absolute atomic E-state index is 0.0197. The van der Waals surface area contributed by atoms with E-state index in [4.69, 9.17) is 10.5 Å². The van der Waals surface area contributed by atoms with Crippen LogP contribution in [0.15, 0.2) is 48.5 Å². The second-order valence-electron chi connectivity index (χ2n) is 4.16. The Labute approximate surface area is 116 Å². The molecule has 0 aliphatic carbocycles. The molecule has 3 N–H and O–H groups in total. The number of anilines is 2. The van der Waals surface area contributed by atoms with Gasteiger partial charge in [-0.05, 0) is 24.3 Å². The summed E-state index contributed by atoms with van der Waals surface area (Å²) in [6.45, 7) is 0.974. The molecule has 0 radical (unpaired) electrons. The van der Waals surface area contributed by atoms with Gasteiger partial charge in [0.15, 0.2) is 0 Å². The SMILES string of the molecule is Nc1cccc(NCCOc2cccc([N+](=O)[O-])c2)c1. The van der Waals surface area contributed by atoms with Crippen LogP contribution >= 0.6 is 0 Å². The number of hydrogen-bond acceptors (Lipinski definition) is 5. The van der Waals surface area contributed by atoms with Crippen molar-refractivity contribution in [1.82, 2.24) is 0 Å². The van der Waals surface area contributed by atoms with E-state index < -0.39 is 4.92 Å². The summed E-state index contributed by atoms with van der Waals surface area (Å²) in [5, 5.41) is 13.8. The van der Waals surface area contributed by atoms with Crippen LogP contribution in [0.3, 0.4) is 0 Å². The molecule has 0 atom stereocenters. The van der Waals surface area contributed by atoms with Gasteiger partial charge in [0.1, 0.15) is 12.4 Å². The maximum atomic E-state index is 10.6. The van der Waals surface area contributed by atoms with Gasteiger partial charge in [0, 0.05) is 24.0 Å². The van der Waals surface area contributed by atoms with Gasteiger partial charge in [-0.15, -0.1) is 0 Å². The predicted octanol–water partition coefficient (Wildman–Crippen LogP) is 2.67. The molecule has 0 heterocycles. The van der Waals surface area contributed by atoms with Crippen LogP contribution in [0.4, 0.5) is 17.1 Å². The fourth-order valence-corrected chi connectivity index (χ4v) is 1.70. The predicted molar refractivity (Wildman–Crippen MR) is 77.9 cm³/mol. The first-order chi connectivity index (χ1) is 9.65. The van der Waals surface area contributed by atoms with Crippen LogP contribution in [0.2, 0.25) is 0 Å². The van der Waals surface area contributed by atoms with Gasteiger partial charge in [0.25, 0.3) is 5.69 Å². The number of non-ortho nitro benzene ring substituents is 1. The smallest absolute Gasteiger partial charge is 0.273 e. The third-order valence-corrected chi connectivity index (χ3v) is 2.61. The van der Waals surface area contributed by atoms with E-state index in [0.717, 1.165) is 5.69 Å². The van der Waals surface area contributed by atoms with Crippen LogP contribution in [0, 0.1) is 10.1 Å². The molecule has 0 amide bonds. The molecule has 2 rings (SSSR count). The standard InChI is InChI=1S/C14H15N3O3/c15-11-3-1-4-12(9-11)16-7-8-20-14-6-2-5-13(10-14)17(18)19/h1-6,9-10,16H,7-8,15H2. The lowest BCUT2D eigenvalue weighted by atomic mass is 10.3. The highest BCUT2D eigenvalue weighted by Crippen LogP contribution is 2.19. The summed E-state index contributed by atoms with van der Waals surface area (Å²) >= 11 is 0. The number of nitro groups is 1. The second-order valence-corrected chi connectivity index (χ2v) is 4.16. The van der Waals surface area contributed by atoms with Crippen molar-refractivity contribution in [2.75, 3.05) is 24.2 Å². The third kappa shape index (κ3) is 3.88. The van der Waals surface area contributed by atoms with Crippen LogP contribution in [-0.2, 0) is 0 Å². The van der Waals surface area contributed by atoms with E-state index in [0.29, 0.717) is 24.6 Å². The Kier molecular flexibility index (Phi) is 4.39. The summed E-state index contributed by atoms with van der Waals surface area (Å²) in [7, 11) is 0. The van der Waals surface area contributed by atoms with E-state index in [2.05, 4.69) is 5.32 Å². The average molecular weight is 273 g/mol. The third-order valence-electron chi connectivity index (χ3n) is 2.61. The number of ether oxygens (including phenoxy) is 1. The van der Waals surface area contributed by atoms with Crippen molar-refractivity contribution >= 4 is 17.1 Å². The molecule has 6 heteroatoms. The number of nitrogens with one attached hydrogen (secondary N) is 1. The van der Waals surface area contributed by atoms with Gasteiger partial charge in [-0.3, -0.25) is 10.1 Å². The van der Waals surface area contributed by atoms with Crippen molar-refractivity contribution < 1.29 is 9.66 Å². The highest BCUT2D eigenvalue weighted by atomic mass is 16.6. The van der Waals surface area contributed by atoms with Crippen LogP contribution in [-0.4, -0.2) is 18.1 Å². The molecule has 0 spiro atoms. The van der Waals surface area contributed by atoms with Gasteiger partial charge in [0.05, 0.1) is 11.0 Å². The number of nitrogen functional groups attached to an aromatic ring is 1. The Bertz CT molecular complexity index is 602. The van der Waals surface area contributed by atoms with Crippen molar-refractivity contribution in [2.24, 2.45) is 0 Å². The van der Waals surface area contributed by atoms with E-state index in [1.54, 1.807) is 12.1 Å². The van der Waals surface area contributed by atoms with Crippen molar-refractivity contribution in [1.29, 1.82) is 0 Å². The summed E-state index contributed by atoms with van der Waals surface area (Å²) in [4.78, 5) is 10.2. The van der Waals surface area contributed by atoms with Crippen LogP contribution in [0.5, 0.6) is 5.75 Å². The second kappa shape index (κ2) is 6.42. The van der Waals surface area contributed by atoms with E-state index in [9.17, 15) is 10.1 Å². The Hall–Kier alpha value is -2.76. The zero-order chi connectivity index (χ0) is 14.4. The molecule has 0 fully saturated rings. The summed E-state index contributed by atoms with van der Waals surface area (Å²) < 4.78 is 5.45. The fraction of sp³-hybridized carbons (Fsp3) is 0.143. The molecule has 0 saturated carbocycles. The quantitative estimate of drug-likeness (QED) is 0.365. The van der Waals surface area contributed by atoms with Crippen LogP contribution in [0.25, 0.3) is 0 Å². The molecule has 2 aromatic rings. The summed E-state index contributed by atoms with van der Waals surface area (Å²) in [6.07, 6.45) is 0. The molecule has 20 heavy (non-hydrogen) atoms. The lowest BCUT2D eigenvalue weighted by Gasteiger charge is -2.09. The molecule has 0 saturated heterocycles. The van der Waals surface area contributed by atoms with Crippen LogP contribution < -0.4 is 15.8 Å². The number of benzene rings is 2. The molecular formula is C14H15N3O3. The van der Waals surface area contributed by atoms with E-state index >= 15 is 0 Å². The van der Waals surface area contributed by atoms with Gasteiger partial charge in [0.2, 0.25) is 0 Å². The first-order valence-corrected chi connectivity index (χ1v) is 6.12. The first-order valence-electron chi connectivity index (χ1n) is 6.12. The first kappa shape index (κ1) is 13.7. The fourth-order valence-electron chi connectivity index (χ4n) is 1.70. The molecule has 104 valence electrons. The van der Waals surface area contributed by atoms with Crippen molar-refractivity contribution in [3.63, 3.8) is 0 Å². The normalized spacial score (nSPS) is 10.0. The van der Waals surface area contributed by atoms with Gasteiger partial charge < -0.3 is 15.8 Å². The zero-order valence-electron chi connectivity index (χ0n) is 10.8. The van der Waals surface area contributed by atoms with E-state index in [-0.39, 0.29) is 5.69 Å². The van der Waals surface area contributed by atoms with Crippen molar-refractivity contribution in [3.05, 3.63) is 58.6 Å². The zero-order valence-corrected chi connectivity index (χ0v) is 10.8. The summed E-state index contributed by atoms with van der Waals surface area (Å²) in [5.74, 6) is 0.480. The molecule has 0 unspecified atom stereocenters.